The molecule has 2 aromatic carbocycles. The maximum Gasteiger partial charge on any atom is 0.341 e. The molecule has 6 heteroatoms. The average molecular weight is 432 g/mol. The molecule has 166 valence electrons. The molecule has 1 saturated heterocycles. The molecule has 1 aliphatic rings. The van der Waals surface area contributed by atoms with Crippen LogP contribution in [-0.2, 0) is 0 Å². The second-order valence-corrected chi connectivity index (χ2v) is 7.96. The number of piperazine rings is 1. The van der Waals surface area contributed by atoms with Crippen LogP contribution in [0.1, 0.15) is 33.9 Å². The van der Waals surface area contributed by atoms with Gasteiger partial charge in [0, 0.05) is 38.9 Å². The Kier molecular flexibility index (Phi) is 7.48. The number of pyridine rings is 1. The molecule has 0 aliphatic carbocycles. The smallest absolute Gasteiger partial charge is 0.341 e. The monoisotopic (exact) mass is 431 g/mol. The third-order valence-corrected chi connectivity index (χ3v) is 5.86. The lowest BCUT2D eigenvalue weighted by molar-refractivity contribution is 0.0690. The van der Waals surface area contributed by atoms with Gasteiger partial charge in [0.1, 0.15) is 5.56 Å². The Hall–Kier alpha value is -3.22. The van der Waals surface area contributed by atoms with Gasteiger partial charge in [-0.1, -0.05) is 60.7 Å². The van der Waals surface area contributed by atoms with Crippen molar-refractivity contribution in [2.24, 2.45) is 0 Å². The molecule has 0 bridgehead atoms. The number of hydrogen-bond donors (Lipinski definition) is 1. The molecule has 4 rings (SSSR count). The van der Waals surface area contributed by atoms with Gasteiger partial charge in [-0.05, 0) is 29.7 Å². The topological polar surface area (TPSA) is 65.9 Å². The summed E-state index contributed by atoms with van der Waals surface area (Å²) in [5.41, 5.74) is 2.75. The van der Waals surface area contributed by atoms with E-state index in [-0.39, 0.29) is 17.5 Å². The standard InChI is InChI=1S/C26H29N3O3/c30-26(31)23-13-7-14-27-25(23)32-20-8-15-28-16-18-29(19-17-28)24(21-9-3-1-4-10-21)22-11-5-2-6-12-22/h1-7,9-14,24H,8,15-20H2,(H,30,31). The van der Waals surface area contributed by atoms with Gasteiger partial charge < -0.3 is 14.7 Å². The van der Waals surface area contributed by atoms with E-state index < -0.39 is 5.97 Å². The quantitative estimate of drug-likeness (QED) is 0.518. The summed E-state index contributed by atoms with van der Waals surface area (Å²) in [7, 11) is 0. The van der Waals surface area contributed by atoms with Crippen LogP contribution in [0.25, 0.3) is 0 Å². The van der Waals surface area contributed by atoms with Crippen molar-refractivity contribution in [1.82, 2.24) is 14.8 Å². The fourth-order valence-corrected chi connectivity index (χ4v) is 4.26. The predicted molar refractivity (Wildman–Crippen MR) is 124 cm³/mol. The molecular weight excluding hydrogens is 402 g/mol. The third kappa shape index (κ3) is 5.52. The van der Waals surface area contributed by atoms with E-state index in [9.17, 15) is 9.90 Å². The highest BCUT2D eigenvalue weighted by Crippen LogP contribution is 2.29. The lowest BCUT2D eigenvalue weighted by Gasteiger charge is -2.39. The molecule has 1 N–H and O–H groups in total. The Labute approximate surface area is 189 Å². The zero-order valence-corrected chi connectivity index (χ0v) is 18.1. The van der Waals surface area contributed by atoms with Gasteiger partial charge in [-0.3, -0.25) is 4.90 Å². The summed E-state index contributed by atoms with van der Waals surface area (Å²) in [6.45, 7) is 5.37. The minimum atomic E-state index is -1.02. The van der Waals surface area contributed by atoms with Crippen LogP contribution in [0.5, 0.6) is 5.88 Å². The van der Waals surface area contributed by atoms with Crippen molar-refractivity contribution >= 4 is 5.97 Å². The lowest BCUT2D eigenvalue weighted by atomic mass is 9.96. The first-order chi connectivity index (χ1) is 15.7. The summed E-state index contributed by atoms with van der Waals surface area (Å²) in [6, 6.07) is 24.8. The number of ether oxygens (including phenoxy) is 1. The van der Waals surface area contributed by atoms with Crippen molar-refractivity contribution in [2.45, 2.75) is 12.5 Å². The third-order valence-electron chi connectivity index (χ3n) is 5.86. The Morgan fingerprint density at radius 2 is 1.53 bits per heavy atom. The van der Waals surface area contributed by atoms with E-state index in [1.807, 2.05) is 0 Å². The van der Waals surface area contributed by atoms with E-state index >= 15 is 0 Å². The molecule has 0 radical (unpaired) electrons. The molecule has 1 aliphatic heterocycles. The first-order valence-corrected chi connectivity index (χ1v) is 11.1. The fourth-order valence-electron chi connectivity index (χ4n) is 4.26. The van der Waals surface area contributed by atoms with Crippen LogP contribution in [0.2, 0.25) is 0 Å². The highest BCUT2D eigenvalue weighted by molar-refractivity contribution is 5.90. The van der Waals surface area contributed by atoms with Crippen molar-refractivity contribution in [3.8, 4) is 5.88 Å². The minimum absolute atomic E-state index is 0.106. The number of aromatic nitrogens is 1. The van der Waals surface area contributed by atoms with Crippen LogP contribution in [0.15, 0.2) is 79.0 Å². The SMILES string of the molecule is O=C(O)c1cccnc1OCCCN1CCN(C(c2ccccc2)c2ccccc2)CC1. The van der Waals surface area contributed by atoms with Crippen LogP contribution in [-0.4, -0.2) is 65.2 Å². The van der Waals surface area contributed by atoms with Gasteiger partial charge in [-0.2, -0.15) is 0 Å². The molecule has 1 fully saturated rings. The van der Waals surface area contributed by atoms with Crippen molar-refractivity contribution < 1.29 is 14.6 Å². The van der Waals surface area contributed by atoms with Gasteiger partial charge in [-0.25, -0.2) is 9.78 Å². The average Bonchev–Trinajstić information content (AvgIpc) is 2.84. The summed E-state index contributed by atoms with van der Waals surface area (Å²) in [6.07, 6.45) is 2.38. The molecule has 0 unspecified atom stereocenters. The van der Waals surface area contributed by atoms with Crippen molar-refractivity contribution in [3.05, 3.63) is 95.7 Å². The molecule has 1 aromatic heterocycles. The zero-order chi connectivity index (χ0) is 22.2. The minimum Gasteiger partial charge on any atom is -0.477 e. The number of carboxylic acid groups (broad SMARTS) is 1. The number of aromatic carboxylic acids is 1. The van der Waals surface area contributed by atoms with Crippen LogP contribution in [0.4, 0.5) is 0 Å². The molecule has 0 spiro atoms. The largest absolute Gasteiger partial charge is 0.477 e. The normalized spacial score (nSPS) is 15.0. The van der Waals surface area contributed by atoms with Gasteiger partial charge >= 0.3 is 5.97 Å². The van der Waals surface area contributed by atoms with Gasteiger partial charge in [0.05, 0.1) is 12.6 Å². The summed E-state index contributed by atoms with van der Waals surface area (Å²) < 4.78 is 5.64. The Morgan fingerprint density at radius 1 is 0.906 bits per heavy atom. The van der Waals surface area contributed by atoms with Crippen LogP contribution in [0, 0.1) is 0 Å². The van der Waals surface area contributed by atoms with Crippen molar-refractivity contribution in [2.75, 3.05) is 39.3 Å². The maximum absolute atomic E-state index is 11.3. The van der Waals surface area contributed by atoms with E-state index in [1.165, 1.54) is 17.2 Å². The van der Waals surface area contributed by atoms with Crippen LogP contribution >= 0.6 is 0 Å². The molecule has 0 atom stereocenters. The molecule has 2 heterocycles. The molecular formula is C26H29N3O3. The summed E-state index contributed by atoms with van der Waals surface area (Å²) in [5, 5.41) is 9.23. The Morgan fingerprint density at radius 3 is 2.12 bits per heavy atom. The van der Waals surface area contributed by atoms with E-state index in [1.54, 1.807) is 12.3 Å². The number of carboxylic acids is 1. The van der Waals surface area contributed by atoms with E-state index in [0.29, 0.717) is 6.61 Å². The Bertz CT molecular complexity index is 950. The number of benzene rings is 2. The van der Waals surface area contributed by atoms with Gasteiger partial charge in [0.2, 0.25) is 5.88 Å². The molecule has 6 nitrogen and oxygen atoms in total. The van der Waals surface area contributed by atoms with Gasteiger partial charge in [0.15, 0.2) is 0 Å². The molecule has 3 aromatic rings. The number of carbonyl (C=O) groups is 1. The first-order valence-electron chi connectivity index (χ1n) is 11.1. The lowest BCUT2D eigenvalue weighted by Crippen LogP contribution is -2.48. The van der Waals surface area contributed by atoms with E-state index in [4.69, 9.17) is 4.74 Å². The van der Waals surface area contributed by atoms with Gasteiger partial charge in [0.25, 0.3) is 0 Å². The second kappa shape index (κ2) is 10.9. The number of rotatable bonds is 9. The fraction of sp³-hybridized carbons (Fsp3) is 0.308. The van der Waals surface area contributed by atoms with Crippen molar-refractivity contribution in [3.63, 3.8) is 0 Å². The van der Waals surface area contributed by atoms with Crippen molar-refractivity contribution in [1.29, 1.82) is 0 Å². The van der Waals surface area contributed by atoms with Gasteiger partial charge in [-0.15, -0.1) is 0 Å². The summed E-state index contributed by atoms with van der Waals surface area (Å²) in [5.74, 6) is -0.825. The summed E-state index contributed by atoms with van der Waals surface area (Å²) >= 11 is 0. The first kappa shape index (κ1) is 22.0. The molecule has 32 heavy (non-hydrogen) atoms. The number of hydrogen-bond acceptors (Lipinski definition) is 5. The molecule has 0 amide bonds. The zero-order valence-electron chi connectivity index (χ0n) is 18.1. The highest BCUT2D eigenvalue weighted by Gasteiger charge is 2.26. The Balaban J connectivity index is 1.29. The molecule has 0 saturated carbocycles. The second-order valence-electron chi connectivity index (χ2n) is 7.96. The number of nitrogens with zero attached hydrogens (tertiary/aromatic N) is 3. The maximum atomic E-state index is 11.3. The highest BCUT2D eigenvalue weighted by atomic mass is 16.5. The predicted octanol–water partition coefficient (Wildman–Crippen LogP) is 3.96. The van der Waals surface area contributed by atoms with Crippen LogP contribution in [0.3, 0.4) is 0 Å². The summed E-state index contributed by atoms with van der Waals surface area (Å²) in [4.78, 5) is 20.3. The van der Waals surface area contributed by atoms with Crippen LogP contribution < -0.4 is 4.74 Å². The van der Waals surface area contributed by atoms with E-state index in [2.05, 4.69) is 75.4 Å². The van der Waals surface area contributed by atoms with E-state index in [0.717, 1.165) is 39.1 Å².